The third-order valence-electron chi connectivity index (χ3n) is 1.55. The first kappa shape index (κ1) is 12.7. The van der Waals surface area contributed by atoms with Gasteiger partial charge in [0.05, 0.1) is 6.67 Å². The van der Waals surface area contributed by atoms with Crippen molar-refractivity contribution in [3.8, 4) is 0 Å². The van der Waals surface area contributed by atoms with Crippen LogP contribution in [0.2, 0.25) is 0 Å². The first-order valence-corrected chi connectivity index (χ1v) is 3.90. The molecule has 80 valence electrons. The highest BCUT2D eigenvalue weighted by atomic mass is 19.2. The van der Waals surface area contributed by atoms with E-state index in [9.17, 15) is 13.2 Å². The minimum Gasteiger partial charge on any atom is -0.341 e. The average molecular weight is 202 g/mol. The van der Waals surface area contributed by atoms with Gasteiger partial charge in [0.15, 0.2) is 0 Å². The van der Waals surface area contributed by atoms with Crippen LogP contribution in [-0.4, -0.2) is 40.3 Å². The molecule has 0 heterocycles. The van der Waals surface area contributed by atoms with Crippen molar-refractivity contribution < 1.29 is 28.5 Å². The zero-order chi connectivity index (χ0) is 10.5. The lowest BCUT2D eigenvalue weighted by atomic mass is 10.1. The van der Waals surface area contributed by atoms with Gasteiger partial charge in [-0.3, -0.25) is 4.39 Å². The summed E-state index contributed by atoms with van der Waals surface area (Å²) >= 11 is 0. The van der Waals surface area contributed by atoms with Crippen molar-refractivity contribution in [3.05, 3.63) is 0 Å². The Hall–Kier alpha value is -0.330. The molecule has 0 aromatic heterocycles. The van der Waals surface area contributed by atoms with Gasteiger partial charge >= 0.3 is 5.97 Å². The molecule has 0 amide bonds. The van der Waals surface area contributed by atoms with Crippen LogP contribution in [0.3, 0.4) is 0 Å². The number of rotatable bonds is 6. The molecule has 0 radical (unpaired) electrons. The molecule has 0 aromatic carbocycles. The van der Waals surface area contributed by atoms with Gasteiger partial charge in [0.1, 0.15) is 6.17 Å². The molecule has 6 heteroatoms. The summed E-state index contributed by atoms with van der Waals surface area (Å²) in [6.07, 6.45) is -5.16. The molecular formula is C7H13F3O3. The van der Waals surface area contributed by atoms with Gasteiger partial charge in [0.2, 0.25) is 6.17 Å². The van der Waals surface area contributed by atoms with Gasteiger partial charge in [-0.25, -0.2) is 8.78 Å². The van der Waals surface area contributed by atoms with Gasteiger partial charge in [-0.1, -0.05) is 0 Å². The van der Waals surface area contributed by atoms with Crippen molar-refractivity contribution in [2.75, 3.05) is 6.67 Å². The van der Waals surface area contributed by atoms with Crippen LogP contribution in [0.15, 0.2) is 0 Å². The third-order valence-corrected chi connectivity index (χ3v) is 1.55. The van der Waals surface area contributed by atoms with Gasteiger partial charge in [-0.2, -0.15) is 0 Å². The molecule has 0 fully saturated rings. The van der Waals surface area contributed by atoms with Crippen molar-refractivity contribution in [3.63, 3.8) is 0 Å². The van der Waals surface area contributed by atoms with Crippen LogP contribution in [0, 0.1) is 0 Å². The lowest BCUT2D eigenvalue weighted by molar-refractivity contribution is -0.349. The zero-order valence-corrected chi connectivity index (χ0v) is 6.96. The molecule has 0 bridgehead atoms. The predicted octanol–water partition coefficient (Wildman–Crippen LogP) is 0.433. The Morgan fingerprint density at radius 1 is 1.08 bits per heavy atom. The van der Waals surface area contributed by atoms with Gasteiger partial charge in [0, 0.05) is 0 Å². The van der Waals surface area contributed by atoms with Crippen molar-refractivity contribution in [1.82, 2.24) is 0 Å². The Morgan fingerprint density at radius 2 is 1.62 bits per heavy atom. The SMILES string of the molecule is OC(O)(O)C(F)C(F)CCCCF. The first-order chi connectivity index (χ1) is 5.89. The first-order valence-electron chi connectivity index (χ1n) is 3.90. The fraction of sp³-hybridized carbons (Fsp3) is 1.00. The highest BCUT2D eigenvalue weighted by molar-refractivity contribution is 4.73. The van der Waals surface area contributed by atoms with Crippen molar-refractivity contribution >= 4 is 0 Å². The Balaban J connectivity index is 3.76. The van der Waals surface area contributed by atoms with E-state index in [-0.39, 0.29) is 19.3 Å². The monoisotopic (exact) mass is 202 g/mol. The molecule has 3 N–H and O–H groups in total. The molecule has 3 nitrogen and oxygen atoms in total. The minimum absolute atomic E-state index is 0.0857. The molecule has 0 aliphatic rings. The van der Waals surface area contributed by atoms with Gasteiger partial charge < -0.3 is 15.3 Å². The van der Waals surface area contributed by atoms with Crippen LogP contribution in [0.5, 0.6) is 0 Å². The fourth-order valence-corrected chi connectivity index (χ4v) is 0.823. The largest absolute Gasteiger partial charge is 0.341 e. The molecular weight excluding hydrogens is 189 g/mol. The van der Waals surface area contributed by atoms with E-state index in [2.05, 4.69) is 0 Å². The van der Waals surface area contributed by atoms with E-state index in [0.29, 0.717) is 0 Å². The Bertz CT molecular complexity index is 137. The summed E-state index contributed by atoms with van der Waals surface area (Å²) in [4.78, 5) is 0. The molecule has 0 saturated heterocycles. The molecule has 0 saturated carbocycles. The molecule has 13 heavy (non-hydrogen) atoms. The summed E-state index contributed by atoms with van der Waals surface area (Å²) in [6, 6.07) is 0. The molecule has 0 aliphatic carbocycles. The maximum Gasteiger partial charge on any atom is 0.311 e. The molecule has 0 aromatic rings. The third kappa shape index (κ3) is 5.07. The second kappa shape index (κ2) is 5.41. The number of halogens is 3. The number of hydrogen-bond donors (Lipinski definition) is 3. The van der Waals surface area contributed by atoms with E-state index in [1.54, 1.807) is 0 Å². The van der Waals surface area contributed by atoms with Crippen LogP contribution in [0.4, 0.5) is 13.2 Å². The lowest BCUT2D eigenvalue weighted by Gasteiger charge is -2.21. The molecule has 2 unspecified atom stereocenters. The standard InChI is InChI=1S/C7H13F3O3/c8-4-2-1-3-5(9)6(10)7(11,12)13/h5-6,11-13H,1-4H2. The maximum absolute atomic E-state index is 12.6. The van der Waals surface area contributed by atoms with E-state index >= 15 is 0 Å². The summed E-state index contributed by atoms with van der Waals surface area (Å²) in [7, 11) is 0. The number of hydrogen-bond acceptors (Lipinski definition) is 3. The van der Waals surface area contributed by atoms with Crippen LogP contribution < -0.4 is 0 Å². The number of alkyl halides is 3. The van der Waals surface area contributed by atoms with Crippen LogP contribution >= 0.6 is 0 Å². The lowest BCUT2D eigenvalue weighted by Crippen LogP contribution is -2.44. The van der Waals surface area contributed by atoms with E-state index in [1.165, 1.54) is 0 Å². The number of unbranched alkanes of at least 4 members (excludes halogenated alkanes) is 1. The second-order valence-corrected chi connectivity index (χ2v) is 2.79. The van der Waals surface area contributed by atoms with E-state index < -0.39 is 25.0 Å². The zero-order valence-electron chi connectivity index (χ0n) is 6.96. The van der Waals surface area contributed by atoms with Crippen molar-refractivity contribution in [1.29, 1.82) is 0 Å². The Labute approximate surface area is 73.8 Å². The van der Waals surface area contributed by atoms with E-state index in [0.717, 1.165) is 0 Å². The normalized spacial score (nSPS) is 17.1. The second-order valence-electron chi connectivity index (χ2n) is 2.79. The molecule has 0 aliphatic heterocycles. The molecule has 2 atom stereocenters. The summed E-state index contributed by atoms with van der Waals surface area (Å²) in [5.41, 5.74) is 0. The maximum atomic E-state index is 12.6. The highest BCUT2D eigenvalue weighted by Gasteiger charge is 2.39. The van der Waals surface area contributed by atoms with Gasteiger partial charge in [0.25, 0.3) is 0 Å². The number of aliphatic hydroxyl groups is 3. The fourth-order valence-electron chi connectivity index (χ4n) is 0.823. The van der Waals surface area contributed by atoms with Crippen molar-refractivity contribution in [2.45, 2.75) is 37.6 Å². The Kier molecular flexibility index (Phi) is 5.27. The molecule has 0 rings (SSSR count). The average Bonchev–Trinajstić information content (AvgIpc) is 2.01. The minimum atomic E-state index is -3.66. The van der Waals surface area contributed by atoms with Crippen molar-refractivity contribution in [2.24, 2.45) is 0 Å². The molecule has 0 spiro atoms. The van der Waals surface area contributed by atoms with Crippen LogP contribution in [-0.2, 0) is 0 Å². The quantitative estimate of drug-likeness (QED) is 0.432. The van der Waals surface area contributed by atoms with E-state index in [1.807, 2.05) is 0 Å². The summed E-state index contributed by atoms with van der Waals surface area (Å²) < 4.78 is 36.7. The van der Waals surface area contributed by atoms with E-state index in [4.69, 9.17) is 15.3 Å². The van der Waals surface area contributed by atoms with Crippen LogP contribution in [0.25, 0.3) is 0 Å². The topological polar surface area (TPSA) is 60.7 Å². The smallest absolute Gasteiger partial charge is 0.311 e. The van der Waals surface area contributed by atoms with Gasteiger partial charge in [-0.15, -0.1) is 0 Å². The highest BCUT2D eigenvalue weighted by Crippen LogP contribution is 2.19. The summed E-state index contributed by atoms with van der Waals surface area (Å²) in [5, 5.41) is 24.7. The van der Waals surface area contributed by atoms with Gasteiger partial charge in [-0.05, 0) is 19.3 Å². The van der Waals surface area contributed by atoms with Crippen LogP contribution in [0.1, 0.15) is 19.3 Å². The predicted molar refractivity (Wildman–Crippen MR) is 39.0 cm³/mol. The Morgan fingerprint density at radius 3 is 2.00 bits per heavy atom. The summed E-state index contributed by atoms with van der Waals surface area (Å²) in [6.45, 7) is -0.633. The summed E-state index contributed by atoms with van der Waals surface area (Å²) in [5.74, 6) is -3.66.